The second kappa shape index (κ2) is 12.9. The van der Waals surface area contributed by atoms with Gasteiger partial charge in [0.05, 0.1) is 6.54 Å². The summed E-state index contributed by atoms with van der Waals surface area (Å²) < 4.78 is 6.17. The molecule has 0 aliphatic carbocycles. The van der Waals surface area contributed by atoms with Crippen LogP contribution in [-0.2, 0) is 27.5 Å². The van der Waals surface area contributed by atoms with Crippen molar-refractivity contribution >= 4 is 18.2 Å². The molecule has 0 radical (unpaired) electrons. The van der Waals surface area contributed by atoms with E-state index in [4.69, 9.17) is 4.74 Å². The minimum Gasteiger partial charge on any atom is -0.489 e. The molecular formula is C30H37N5O4. The highest BCUT2D eigenvalue weighted by molar-refractivity contribution is 5.79. The molecule has 3 aliphatic rings. The van der Waals surface area contributed by atoms with E-state index in [1.807, 2.05) is 46.2 Å². The molecule has 3 amide bonds. The van der Waals surface area contributed by atoms with Crippen molar-refractivity contribution < 1.29 is 19.1 Å². The maximum Gasteiger partial charge on any atom is 0.236 e. The van der Waals surface area contributed by atoms with Crippen molar-refractivity contribution in [2.24, 2.45) is 11.8 Å². The van der Waals surface area contributed by atoms with Gasteiger partial charge in [0.1, 0.15) is 12.4 Å². The van der Waals surface area contributed by atoms with E-state index < -0.39 is 0 Å². The van der Waals surface area contributed by atoms with E-state index in [2.05, 4.69) is 22.0 Å². The van der Waals surface area contributed by atoms with E-state index in [-0.39, 0.29) is 23.7 Å². The number of carbonyl (C=O) groups is 3. The predicted octanol–water partition coefficient (Wildman–Crippen LogP) is 2.19. The van der Waals surface area contributed by atoms with Crippen molar-refractivity contribution in [1.29, 1.82) is 0 Å². The van der Waals surface area contributed by atoms with Crippen LogP contribution in [0.1, 0.15) is 24.0 Å². The predicted molar refractivity (Wildman–Crippen MR) is 146 cm³/mol. The van der Waals surface area contributed by atoms with Crippen molar-refractivity contribution in [2.45, 2.75) is 25.9 Å². The smallest absolute Gasteiger partial charge is 0.236 e. The summed E-state index contributed by atoms with van der Waals surface area (Å²) in [6.07, 6.45) is 9.81. The zero-order chi connectivity index (χ0) is 27.0. The molecule has 3 aliphatic heterocycles. The molecule has 2 atom stereocenters. The summed E-state index contributed by atoms with van der Waals surface area (Å²) >= 11 is 0. The van der Waals surface area contributed by atoms with Crippen LogP contribution in [0.15, 0.2) is 60.9 Å². The third kappa shape index (κ3) is 7.03. The first-order valence-corrected chi connectivity index (χ1v) is 13.8. The molecular weight excluding hydrogens is 494 g/mol. The number of para-hydroxylation sites is 1. The first kappa shape index (κ1) is 26.9. The molecule has 2 fully saturated rings. The third-order valence-corrected chi connectivity index (χ3v) is 8.01. The number of aromatic nitrogens is 1. The summed E-state index contributed by atoms with van der Waals surface area (Å²) in [5, 5.41) is 0. The van der Waals surface area contributed by atoms with Gasteiger partial charge in [-0.05, 0) is 42.0 Å². The van der Waals surface area contributed by atoms with Crippen LogP contribution < -0.4 is 4.74 Å². The molecule has 2 bridgehead atoms. The van der Waals surface area contributed by atoms with Crippen LogP contribution in [0.3, 0.4) is 0 Å². The van der Waals surface area contributed by atoms with Crippen LogP contribution >= 0.6 is 0 Å². The maximum atomic E-state index is 13.6. The number of fused-ring (bicyclic) bond motifs is 3. The standard InChI is InChI=1S/C30H37N5O4/c36-23-32-13-15-34(16-14-32)29(37)18-25-9-12-35-21-26(25)5-3-17-39-28-6-2-1-4-27(28)20-33(22-30(35)38)19-24-7-10-31-11-8-24/h1-8,10-11,23,25-26H,9,12-22H2/b5-3-/t25-,26-/m0/s1. The summed E-state index contributed by atoms with van der Waals surface area (Å²) in [5.41, 5.74) is 2.15. The number of rotatable bonds is 5. The molecule has 9 nitrogen and oxygen atoms in total. The summed E-state index contributed by atoms with van der Waals surface area (Å²) in [6.45, 7) is 5.54. The fourth-order valence-electron chi connectivity index (χ4n) is 5.75. The molecule has 0 saturated carbocycles. The highest BCUT2D eigenvalue weighted by Crippen LogP contribution is 2.30. The van der Waals surface area contributed by atoms with Crippen molar-refractivity contribution in [3.05, 3.63) is 72.1 Å². The molecule has 1 aromatic carbocycles. The third-order valence-electron chi connectivity index (χ3n) is 8.01. The van der Waals surface area contributed by atoms with Gasteiger partial charge in [0, 0.05) is 76.7 Å². The minimum atomic E-state index is 0.0798. The first-order chi connectivity index (χ1) is 19.1. The number of benzene rings is 1. The number of hydrogen-bond acceptors (Lipinski definition) is 6. The van der Waals surface area contributed by atoms with Crippen LogP contribution in [0, 0.1) is 11.8 Å². The first-order valence-electron chi connectivity index (χ1n) is 13.8. The molecule has 5 rings (SSSR count). The fraction of sp³-hybridized carbons (Fsp3) is 0.467. The Hall–Kier alpha value is -3.72. The summed E-state index contributed by atoms with van der Waals surface area (Å²) in [7, 11) is 0. The van der Waals surface area contributed by atoms with Crippen molar-refractivity contribution in [3.8, 4) is 5.75 Å². The van der Waals surface area contributed by atoms with Gasteiger partial charge in [-0.25, -0.2) is 0 Å². The summed E-state index contributed by atoms with van der Waals surface area (Å²) in [5.74, 6) is 1.30. The summed E-state index contributed by atoms with van der Waals surface area (Å²) in [4.78, 5) is 49.6. The highest BCUT2D eigenvalue weighted by Gasteiger charge is 2.33. The van der Waals surface area contributed by atoms with Crippen LogP contribution in [0.4, 0.5) is 0 Å². The lowest BCUT2D eigenvalue weighted by atomic mass is 9.82. The van der Waals surface area contributed by atoms with Gasteiger partial charge in [-0.2, -0.15) is 0 Å². The van der Waals surface area contributed by atoms with Crippen LogP contribution in [0.5, 0.6) is 5.75 Å². The average Bonchev–Trinajstić information content (AvgIpc) is 2.97. The number of piperidine rings is 1. The molecule has 2 saturated heterocycles. The number of carbonyl (C=O) groups excluding carboxylic acids is 3. The second-order valence-electron chi connectivity index (χ2n) is 10.6. The van der Waals surface area contributed by atoms with E-state index in [1.165, 1.54) is 0 Å². The van der Waals surface area contributed by atoms with Gasteiger partial charge in [0.25, 0.3) is 0 Å². The number of piperazine rings is 1. The van der Waals surface area contributed by atoms with Gasteiger partial charge in [-0.15, -0.1) is 0 Å². The van der Waals surface area contributed by atoms with Gasteiger partial charge in [0.2, 0.25) is 18.2 Å². The molecule has 4 heterocycles. The number of ether oxygens (including phenoxy) is 1. The Morgan fingerprint density at radius 3 is 2.62 bits per heavy atom. The number of amides is 3. The summed E-state index contributed by atoms with van der Waals surface area (Å²) in [6, 6.07) is 12.0. The Labute approximate surface area is 230 Å². The highest BCUT2D eigenvalue weighted by atomic mass is 16.5. The van der Waals surface area contributed by atoms with Gasteiger partial charge in [-0.3, -0.25) is 24.3 Å². The van der Waals surface area contributed by atoms with Crippen LogP contribution in [0.2, 0.25) is 0 Å². The minimum absolute atomic E-state index is 0.0798. The number of hydrogen-bond donors (Lipinski definition) is 0. The lowest BCUT2D eigenvalue weighted by molar-refractivity contribution is -0.138. The Kier molecular flexibility index (Phi) is 8.88. The molecule has 0 unspecified atom stereocenters. The molecule has 0 N–H and O–H groups in total. The lowest BCUT2D eigenvalue weighted by Gasteiger charge is -2.39. The quantitative estimate of drug-likeness (QED) is 0.434. The van der Waals surface area contributed by atoms with Gasteiger partial charge < -0.3 is 19.4 Å². The van der Waals surface area contributed by atoms with E-state index >= 15 is 0 Å². The monoisotopic (exact) mass is 531 g/mol. The molecule has 206 valence electrons. The van der Waals surface area contributed by atoms with Crippen LogP contribution in [-0.4, -0.2) is 95.2 Å². The Morgan fingerprint density at radius 2 is 1.82 bits per heavy atom. The molecule has 0 spiro atoms. The molecule has 39 heavy (non-hydrogen) atoms. The molecule has 2 aromatic rings. The average molecular weight is 532 g/mol. The van der Waals surface area contributed by atoms with Gasteiger partial charge in [-0.1, -0.05) is 30.4 Å². The number of pyridine rings is 1. The van der Waals surface area contributed by atoms with Gasteiger partial charge in [0.15, 0.2) is 0 Å². The van der Waals surface area contributed by atoms with E-state index in [9.17, 15) is 14.4 Å². The van der Waals surface area contributed by atoms with Gasteiger partial charge >= 0.3 is 0 Å². The number of nitrogens with zero attached hydrogens (tertiary/aromatic N) is 5. The van der Waals surface area contributed by atoms with E-state index in [0.717, 1.165) is 29.7 Å². The zero-order valence-corrected chi connectivity index (χ0v) is 22.4. The maximum absolute atomic E-state index is 13.6. The largest absolute Gasteiger partial charge is 0.489 e. The Morgan fingerprint density at radius 1 is 1.03 bits per heavy atom. The molecule has 1 aromatic heterocycles. The van der Waals surface area contributed by atoms with E-state index in [1.54, 1.807) is 17.3 Å². The lowest BCUT2D eigenvalue weighted by Crippen LogP contribution is -2.50. The SMILES string of the molecule is O=CN1CCN(C(=O)C[C@@H]2CCN3C[C@@H]2/C=C\COc2ccccc2CN(Cc2ccncc2)CC3=O)CC1. The molecule has 9 heteroatoms. The topological polar surface area (TPSA) is 86.3 Å². The van der Waals surface area contributed by atoms with Crippen molar-refractivity contribution in [2.75, 3.05) is 52.4 Å². The normalized spacial score (nSPS) is 23.5. The Balaban J connectivity index is 1.31. The Bertz CT molecular complexity index is 1160. The fourth-order valence-corrected chi connectivity index (χ4v) is 5.75. The van der Waals surface area contributed by atoms with Crippen molar-refractivity contribution in [1.82, 2.24) is 24.6 Å². The van der Waals surface area contributed by atoms with Crippen molar-refractivity contribution in [3.63, 3.8) is 0 Å². The zero-order valence-electron chi connectivity index (χ0n) is 22.4. The van der Waals surface area contributed by atoms with E-state index in [0.29, 0.717) is 71.9 Å². The second-order valence-corrected chi connectivity index (χ2v) is 10.6. The van der Waals surface area contributed by atoms with Crippen LogP contribution in [0.25, 0.3) is 0 Å².